The lowest BCUT2D eigenvalue weighted by molar-refractivity contribution is -0.161. The molecule has 0 spiro atoms. The Morgan fingerprint density at radius 1 is 0.564 bits per heavy atom. The van der Waals surface area contributed by atoms with Crippen LogP contribution in [0.4, 0.5) is 0 Å². The summed E-state index contributed by atoms with van der Waals surface area (Å²) in [4.78, 5) is 45.9. The number of aliphatic carboxylic acids is 1. The average molecular weight is 798 g/mol. The molecule has 55 heavy (non-hydrogen) atoms. The predicted molar refractivity (Wildman–Crippen MR) is 222 cm³/mol. The van der Waals surface area contributed by atoms with Crippen LogP contribution in [0.15, 0.2) is 48.6 Å². The number of phosphoric acid groups is 1. The van der Waals surface area contributed by atoms with Gasteiger partial charge >= 0.3 is 25.7 Å². The van der Waals surface area contributed by atoms with Crippen LogP contribution in [0.3, 0.4) is 0 Å². The molecule has 0 aliphatic rings. The quantitative estimate of drug-likeness (QED) is 0.0234. The molecule has 0 aromatic heterocycles. The highest BCUT2D eigenvalue weighted by molar-refractivity contribution is 7.47. The van der Waals surface area contributed by atoms with Gasteiger partial charge in [0.1, 0.15) is 12.6 Å². The monoisotopic (exact) mass is 798 g/mol. The minimum Gasteiger partial charge on any atom is -0.480 e. The smallest absolute Gasteiger partial charge is 0.472 e. The number of ether oxygens (including phenoxy) is 2. The van der Waals surface area contributed by atoms with Gasteiger partial charge in [-0.25, -0.2) is 4.57 Å². The Labute approximate surface area is 333 Å². The Bertz CT molecular complexity index is 1120. The van der Waals surface area contributed by atoms with Gasteiger partial charge < -0.3 is 25.2 Å². The number of carboxylic acids is 1. The minimum atomic E-state index is -4.72. The van der Waals surface area contributed by atoms with Gasteiger partial charge in [-0.3, -0.25) is 23.4 Å². The molecule has 0 heterocycles. The predicted octanol–water partition coefficient (Wildman–Crippen LogP) is 11.0. The molecule has 0 bridgehead atoms. The van der Waals surface area contributed by atoms with E-state index in [1.165, 1.54) is 77.0 Å². The fourth-order valence-electron chi connectivity index (χ4n) is 5.46. The van der Waals surface area contributed by atoms with E-state index in [4.69, 9.17) is 24.8 Å². The molecule has 0 amide bonds. The Hall–Kier alpha value is -2.56. The standard InChI is InChI=1S/C43H76NO10P/c1-3-5-7-9-11-13-15-17-18-19-20-21-22-23-25-27-29-31-33-35-42(46)54-39(37-52-55(49,50)53-38-40(44)43(47)48)36-51-41(45)34-32-30-28-26-24-16-14-12-10-8-6-4-2/h11,13,17-18,20-21,23,25,39-40H,3-10,12,14-16,19,22,24,26-38,44H2,1-2H3,(H,47,48)(H,49,50)/b13-11+,18-17+,21-20+,25-23+/t39-,40-/m0/s1. The number of allylic oxidation sites excluding steroid dienone is 8. The molecule has 318 valence electrons. The zero-order chi connectivity index (χ0) is 40.7. The van der Waals surface area contributed by atoms with Gasteiger partial charge in [-0.1, -0.05) is 152 Å². The second-order valence-electron chi connectivity index (χ2n) is 14.1. The van der Waals surface area contributed by atoms with Crippen molar-refractivity contribution in [3.8, 4) is 0 Å². The van der Waals surface area contributed by atoms with E-state index in [0.29, 0.717) is 12.8 Å². The zero-order valence-corrected chi connectivity index (χ0v) is 35.2. The highest BCUT2D eigenvalue weighted by Crippen LogP contribution is 2.43. The third-order valence-corrected chi connectivity index (χ3v) is 9.78. The van der Waals surface area contributed by atoms with E-state index in [-0.39, 0.29) is 19.4 Å². The third kappa shape index (κ3) is 38.1. The maximum absolute atomic E-state index is 12.6. The summed E-state index contributed by atoms with van der Waals surface area (Å²) in [5.41, 5.74) is 5.32. The molecule has 0 aliphatic heterocycles. The summed E-state index contributed by atoms with van der Waals surface area (Å²) in [6.07, 6.45) is 41.7. The van der Waals surface area contributed by atoms with Gasteiger partial charge in [-0.2, -0.15) is 0 Å². The van der Waals surface area contributed by atoms with E-state index >= 15 is 0 Å². The first-order valence-corrected chi connectivity index (χ1v) is 22.7. The molecule has 0 rings (SSSR count). The lowest BCUT2D eigenvalue weighted by atomic mass is 10.0. The van der Waals surface area contributed by atoms with Crippen molar-refractivity contribution in [2.24, 2.45) is 5.73 Å². The highest BCUT2D eigenvalue weighted by atomic mass is 31.2. The van der Waals surface area contributed by atoms with Crippen LogP contribution in [0.1, 0.15) is 174 Å². The van der Waals surface area contributed by atoms with Gasteiger partial charge in [0.2, 0.25) is 0 Å². The fraction of sp³-hybridized carbons (Fsp3) is 0.744. The van der Waals surface area contributed by atoms with Gasteiger partial charge in [0, 0.05) is 12.8 Å². The topological polar surface area (TPSA) is 172 Å². The number of rotatable bonds is 39. The number of nitrogens with two attached hydrogens (primary N) is 1. The number of carbonyl (C=O) groups is 3. The Balaban J connectivity index is 4.45. The van der Waals surface area contributed by atoms with Crippen LogP contribution >= 0.6 is 7.82 Å². The molecule has 4 N–H and O–H groups in total. The molecular weight excluding hydrogens is 721 g/mol. The fourth-order valence-corrected chi connectivity index (χ4v) is 6.24. The number of carboxylic acid groups (broad SMARTS) is 1. The van der Waals surface area contributed by atoms with Gasteiger partial charge in [0.25, 0.3) is 0 Å². The molecule has 12 heteroatoms. The summed E-state index contributed by atoms with van der Waals surface area (Å²) < 4.78 is 32.6. The van der Waals surface area contributed by atoms with Crippen molar-refractivity contribution in [3.05, 3.63) is 48.6 Å². The molecular formula is C43H76NO10P. The Morgan fingerprint density at radius 2 is 0.964 bits per heavy atom. The molecule has 0 radical (unpaired) electrons. The summed E-state index contributed by atoms with van der Waals surface area (Å²) in [6.45, 7) is 2.73. The van der Waals surface area contributed by atoms with E-state index in [2.05, 4.69) is 67.0 Å². The molecule has 0 saturated carbocycles. The van der Waals surface area contributed by atoms with Gasteiger partial charge in [0.05, 0.1) is 13.2 Å². The van der Waals surface area contributed by atoms with E-state index in [1.54, 1.807) is 0 Å². The van der Waals surface area contributed by atoms with Crippen molar-refractivity contribution < 1.29 is 47.5 Å². The first-order chi connectivity index (χ1) is 26.6. The normalized spacial score (nSPS) is 14.3. The lowest BCUT2D eigenvalue weighted by Crippen LogP contribution is -2.34. The van der Waals surface area contributed by atoms with Crippen molar-refractivity contribution >= 4 is 25.7 Å². The molecule has 11 nitrogen and oxygen atoms in total. The summed E-state index contributed by atoms with van der Waals surface area (Å²) >= 11 is 0. The number of carbonyl (C=O) groups excluding carboxylic acids is 2. The Morgan fingerprint density at radius 3 is 1.47 bits per heavy atom. The van der Waals surface area contributed by atoms with E-state index < -0.39 is 51.1 Å². The summed E-state index contributed by atoms with van der Waals surface area (Å²) in [5, 5.41) is 8.88. The summed E-state index contributed by atoms with van der Waals surface area (Å²) in [5.74, 6) is -2.42. The maximum atomic E-state index is 12.6. The molecule has 0 saturated heterocycles. The third-order valence-electron chi connectivity index (χ3n) is 8.83. The first kappa shape index (κ1) is 52.4. The molecule has 0 aromatic carbocycles. The number of hydrogen-bond donors (Lipinski definition) is 3. The lowest BCUT2D eigenvalue weighted by Gasteiger charge is -2.20. The van der Waals surface area contributed by atoms with Crippen molar-refractivity contribution in [3.63, 3.8) is 0 Å². The van der Waals surface area contributed by atoms with Crippen LogP contribution in [-0.2, 0) is 37.5 Å². The van der Waals surface area contributed by atoms with Crippen LogP contribution in [0.2, 0.25) is 0 Å². The van der Waals surface area contributed by atoms with Crippen LogP contribution in [0, 0.1) is 0 Å². The largest absolute Gasteiger partial charge is 0.480 e. The van der Waals surface area contributed by atoms with Crippen LogP contribution in [0.5, 0.6) is 0 Å². The van der Waals surface area contributed by atoms with Crippen molar-refractivity contribution in [1.29, 1.82) is 0 Å². The van der Waals surface area contributed by atoms with E-state index in [0.717, 1.165) is 57.8 Å². The van der Waals surface area contributed by atoms with Crippen LogP contribution in [0.25, 0.3) is 0 Å². The zero-order valence-electron chi connectivity index (χ0n) is 34.3. The first-order valence-electron chi connectivity index (χ1n) is 21.2. The molecule has 0 fully saturated rings. The number of esters is 2. The summed E-state index contributed by atoms with van der Waals surface area (Å²) in [6, 6.07) is -1.53. The molecule has 1 unspecified atom stereocenters. The maximum Gasteiger partial charge on any atom is 0.472 e. The summed E-state index contributed by atoms with van der Waals surface area (Å²) in [7, 11) is -4.72. The second kappa shape index (κ2) is 38.3. The van der Waals surface area contributed by atoms with Crippen LogP contribution in [-0.4, -0.2) is 59.9 Å². The average Bonchev–Trinajstić information content (AvgIpc) is 3.16. The van der Waals surface area contributed by atoms with Gasteiger partial charge in [-0.15, -0.1) is 0 Å². The van der Waals surface area contributed by atoms with Crippen molar-refractivity contribution in [2.45, 2.75) is 187 Å². The number of phosphoric ester groups is 1. The highest BCUT2D eigenvalue weighted by Gasteiger charge is 2.28. The SMILES string of the molecule is CCCCC/C=C/C/C=C/C/C=C/C/C=C/CCCCCC(=O)O[C@@H](COC(=O)CCCCCCCCCCCCCC)COP(=O)(O)OC[C@H](N)C(=O)O. The second-order valence-corrected chi connectivity index (χ2v) is 15.6. The van der Waals surface area contributed by atoms with E-state index in [1.807, 2.05) is 0 Å². The number of hydrogen-bond acceptors (Lipinski definition) is 9. The molecule has 3 atom stereocenters. The Kier molecular flexibility index (Phi) is 36.5. The molecule has 0 aliphatic carbocycles. The van der Waals surface area contributed by atoms with Crippen molar-refractivity contribution in [2.75, 3.05) is 19.8 Å². The van der Waals surface area contributed by atoms with Gasteiger partial charge in [0.15, 0.2) is 6.10 Å². The van der Waals surface area contributed by atoms with Crippen molar-refractivity contribution in [1.82, 2.24) is 0 Å². The minimum absolute atomic E-state index is 0.124. The van der Waals surface area contributed by atoms with Crippen LogP contribution < -0.4 is 5.73 Å². The molecule has 0 aromatic rings. The van der Waals surface area contributed by atoms with E-state index in [9.17, 15) is 23.8 Å². The number of unbranched alkanes of at least 4 members (excludes halogenated alkanes) is 17. The van der Waals surface area contributed by atoms with Gasteiger partial charge in [-0.05, 0) is 57.8 Å².